The molecule has 0 saturated heterocycles. The van der Waals surface area contributed by atoms with E-state index in [4.69, 9.17) is 4.74 Å². The minimum absolute atomic E-state index is 0.00101. The molecule has 1 atom stereocenters. The zero-order chi connectivity index (χ0) is 17.9. The van der Waals surface area contributed by atoms with Gasteiger partial charge in [-0.15, -0.1) is 0 Å². The second-order valence-electron chi connectivity index (χ2n) is 6.00. The minimum Gasteiger partial charge on any atom is -0.389 e. The van der Waals surface area contributed by atoms with Gasteiger partial charge in [0, 0.05) is 13.6 Å². The van der Waals surface area contributed by atoms with Gasteiger partial charge in [0.2, 0.25) is 5.95 Å². The number of aromatic amines is 1. The molecule has 0 radical (unpaired) electrons. The third-order valence-corrected chi connectivity index (χ3v) is 3.56. The lowest BCUT2D eigenvalue weighted by molar-refractivity contribution is -0.000106. The van der Waals surface area contributed by atoms with Crippen molar-refractivity contribution in [2.75, 3.05) is 18.5 Å². The number of rotatable bonds is 8. The normalized spacial score (nSPS) is 12.9. The van der Waals surface area contributed by atoms with Crippen LogP contribution in [0.4, 0.5) is 5.95 Å². The van der Waals surface area contributed by atoms with Crippen molar-refractivity contribution < 1.29 is 9.84 Å². The quantitative estimate of drug-likeness (QED) is 0.625. The number of ether oxygens (including phenoxy) is 1. The highest BCUT2D eigenvalue weighted by atomic mass is 16.5. The summed E-state index contributed by atoms with van der Waals surface area (Å²) < 4.78 is 8.29. The second-order valence-corrected chi connectivity index (χ2v) is 6.00. The van der Waals surface area contributed by atoms with Gasteiger partial charge in [-0.25, -0.2) is 4.79 Å². The van der Waals surface area contributed by atoms with Crippen molar-refractivity contribution in [3.8, 4) is 0 Å². The molecule has 0 spiro atoms. The van der Waals surface area contributed by atoms with E-state index in [1.165, 1.54) is 4.57 Å². The van der Waals surface area contributed by atoms with E-state index in [9.17, 15) is 14.7 Å². The maximum absolute atomic E-state index is 12.2. The van der Waals surface area contributed by atoms with Crippen LogP contribution >= 0.6 is 0 Å². The van der Waals surface area contributed by atoms with Gasteiger partial charge in [0.05, 0.1) is 25.4 Å². The third-order valence-electron chi connectivity index (χ3n) is 3.56. The first-order valence-electron chi connectivity index (χ1n) is 8.08. The molecule has 0 aromatic carbocycles. The van der Waals surface area contributed by atoms with Crippen LogP contribution in [0.15, 0.2) is 9.59 Å². The SMILES string of the molecule is CCCNc1nc2c(c(=O)[nH]c(=O)n2C)n1C[C@@H](O)COC(C)C. The summed E-state index contributed by atoms with van der Waals surface area (Å²) in [4.78, 5) is 30.6. The summed E-state index contributed by atoms with van der Waals surface area (Å²) in [5, 5.41) is 13.3. The van der Waals surface area contributed by atoms with Crippen molar-refractivity contribution in [2.45, 2.75) is 45.9 Å². The number of nitrogens with zero attached hydrogens (tertiary/aromatic N) is 3. The molecule has 0 bridgehead atoms. The van der Waals surface area contributed by atoms with Gasteiger partial charge < -0.3 is 19.7 Å². The van der Waals surface area contributed by atoms with Crippen LogP contribution in [-0.2, 0) is 18.3 Å². The lowest BCUT2D eigenvalue weighted by Crippen LogP contribution is -2.30. The highest BCUT2D eigenvalue weighted by Gasteiger charge is 2.19. The molecule has 0 aliphatic heterocycles. The Kier molecular flexibility index (Phi) is 5.79. The summed E-state index contributed by atoms with van der Waals surface area (Å²) >= 11 is 0. The molecule has 9 heteroatoms. The fourth-order valence-corrected chi connectivity index (χ4v) is 2.35. The lowest BCUT2D eigenvalue weighted by atomic mass is 10.3. The molecule has 0 fully saturated rings. The van der Waals surface area contributed by atoms with E-state index in [1.807, 2.05) is 20.8 Å². The molecule has 0 saturated carbocycles. The fraction of sp³-hybridized carbons (Fsp3) is 0.667. The molecule has 9 nitrogen and oxygen atoms in total. The summed E-state index contributed by atoms with van der Waals surface area (Å²) in [6.07, 6.45) is 0.0713. The summed E-state index contributed by atoms with van der Waals surface area (Å²) in [5.41, 5.74) is -0.524. The zero-order valence-corrected chi connectivity index (χ0v) is 14.5. The average Bonchev–Trinajstić information content (AvgIpc) is 2.87. The molecule has 2 aromatic heterocycles. The number of H-pyrrole nitrogens is 1. The Morgan fingerprint density at radius 2 is 2.08 bits per heavy atom. The fourth-order valence-electron chi connectivity index (χ4n) is 2.35. The molecule has 134 valence electrons. The number of aliphatic hydroxyl groups excluding tert-OH is 1. The number of nitrogens with one attached hydrogen (secondary N) is 2. The maximum Gasteiger partial charge on any atom is 0.329 e. The molecule has 3 N–H and O–H groups in total. The Morgan fingerprint density at radius 1 is 1.38 bits per heavy atom. The van der Waals surface area contributed by atoms with E-state index < -0.39 is 17.4 Å². The highest BCUT2D eigenvalue weighted by Crippen LogP contribution is 2.16. The van der Waals surface area contributed by atoms with Gasteiger partial charge in [0.15, 0.2) is 11.2 Å². The third kappa shape index (κ3) is 3.85. The summed E-state index contributed by atoms with van der Waals surface area (Å²) in [7, 11) is 1.54. The number of anilines is 1. The van der Waals surface area contributed by atoms with E-state index in [-0.39, 0.29) is 30.4 Å². The predicted molar refractivity (Wildman–Crippen MR) is 91.5 cm³/mol. The van der Waals surface area contributed by atoms with E-state index in [1.54, 1.807) is 11.6 Å². The van der Waals surface area contributed by atoms with Gasteiger partial charge >= 0.3 is 5.69 Å². The van der Waals surface area contributed by atoms with Crippen LogP contribution in [0, 0.1) is 0 Å². The molecular weight excluding hydrogens is 314 g/mol. The molecule has 24 heavy (non-hydrogen) atoms. The van der Waals surface area contributed by atoms with E-state index in [0.29, 0.717) is 12.5 Å². The number of hydrogen-bond acceptors (Lipinski definition) is 6. The van der Waals surface area contributed by atoms with Crippen molar-refractivity contribution in [1.82, 2.24) is 19.1 Å². The van der Waals surface area contributed by atoms with Crippen LogP contribution in [0.3, 0.4) is 0 Å². The van der Waals surface area contributed by atoms with Crippen molar-refractivity contribution >= 4 is 17.1 Å². The number of hydrogen-bond donors (Lipinski definition) is 3. The van der Waals surface area contributed by atoms with Gasteiger partial charge in [0.25, 0.3) is 5.56 Å². The maximum atomic E-state index is 12.2. The Hall–Kier alpha value is -2.13. The first kappa shape index (κ1) is 18.2. The Bertz CT molecular complexity index is 805. The van der Waals surface area contributed by atoms with Crippen LogP contribution < -0.4 is 16.6 Å². The van der Waals surface area contributed by atoms with Crippen LogP contribution in [0.5, 0.6) is 0 Å². The van der Waals surface area contributed by atoms with Crippen molar-refractivity contribution in [2.24, 2.45) is 7.05 Å². The van der Waals surface area contributed by atoms with Crippen molar-refractivity contribution in [3.63, 3.8) is 0 Å². The van der Waals surface area contributed by atoms with Crippen molar-refractivity contribution in [3.05, 3.63) is 20.8 Å². The molecule has 2 heterocycles. The van der Waals surface area contributed by atoms with Gasteiger partial charge in [-0.05, 0) is 20.3 Å². The van der Waals surface area contributed by atoms with Crippen LogP contribution in [-0.4, -0.2) is 49.6 Å². The van der Waals surface area contributed by atoms with Crippen LogP contribution in [0.25, 0.3) is 11.2 Å². The second kappa shape index (κ2) is 7.63. The molecule has 0 unspecified atom stereocenters. The molecule has 0 amide bonds. The van der Waals surface area contributed by atoms with Crippen LogP contribution in [0.2, 0.25) is 0 Å². The smallest absolute Gasteiger partial charge is 0.329 e. The van der Waals surface area contributed by atoms with E-state index in [0.717, 1.165) is 6.42 Å². The topological polar surface area (TPSA) is 114 Å². The summed E-state index contributed by atoms with van der Waals surface area (Å²) in [5.74, 6) is 0.446. The van der Waals surface area contributed by atoms with Gasteiger partial charge in [-0.1, -0.05) is 6.92 Å². The number of aryl methyl sites for hydroxylation is 1. The monoisotopic (exact) mass is 339 g/mol. The number of aliphatic hydroxyl groups is 1. The van der Waals surface area contributed by atoms with Crippen LogP contribution in [0.1, 0.15) is 27.2 Å². The molecule has 2 rings (SSSR count). The Morgan fingerprint density at radius 3 is 2.71 bits per heavy atom. The average molecular weight is 339 g/mol. The molecular formula is C15H25N5O4. The number of imidazole rings is 1. The number of aromatic nitrogens is 4. The standard InChI is InChI=1S/C15H25N5O4/c1-5-6-16-14-17-12-11(13(22)18-15(23)19(12)4)20(14)7-10(21)8-24-9(2)3/h9-10,21H,5-8H2,1-4H3,(H,16,17)(H,18,22,23)/t10-/m1/s1. The summed E-state index contributed by atoms with van der Waals surface area (Å²) in [6.45, 7) is 6.72. The van der Waals surface area contributed by atoms with Crippen molar-refractivity contribution in [1.29, 1.82) is 0 Å². The first-order chi connectivity index (χ1) is 11.3. The number of fused-ring (bicyclic) bond motifs is 1. The van der Waals surface area contributed by atoms with Gasteiger partial charge in [-0.2, -0.15) is 4.98 Å². The Labute approximate surface area is 139 Å². The largest absolute Gasteiger partial charge is 0.389 e. The van der Waals surface area contributed by atoms with Gasteiger partial charge in [0.1, 0.15) is 0 Å². The molecule has 0 aliphatic carbocycles. The predicted octanol–water partition coefficient (Wildman–Crippen LogP) is 0.0311. The van der Waals surface area contributed by atoms with E-state index in [2.05, 4.69) is 15.3 Å². The Balaban J connectivity index is 2.46. The van der Waals surface area contributed by atoms with Gasteiger partial charge in [-0.3, -0.25) is 14.3 Å². The summed E-state index contributed by atoms with van der Waals surface area (Å²) in [6, 6.07) is 0. The molecule has 2 aromatic rings. The minimum atomic E-state index is -0.802. The van der Waals surface area contributed by atoms with E-state index >= 15 is 0 Å². The lowest BCUT2D eigenvalue weighted by Gasteiger charge is -2.16. The zero-order valence-electron chi connectivity index (χ0n) is 14.5. The molecule has 0 aliphatic rings. The highest BCUT2D eigenvalue weighted by molar-refractivity contribution is 5.74. The first-order valence-corrected chi connectivity index (χ1v) is 8.08.